The van der Waals surface area contributed by atoms with Gasteiger partial charge in [-0.3, -0.25) is 0 Å². The van der Waals surface area contributed by atoms with Crippen LogP contribution in [0.15, 0.2) is 35.3 Å². The van der Waals surface area contributed by atoms with Crippen LogP contribution in [0, 0.1) is 16.7 Å². The molecule has 0 spiro atoms. The van der Waals surface area contributed by atoms with Gasteiger partial charge in [0.2, 0.25) is 0 Å². The lowest BCUT2D eigenvalue weighted by molar-refractivity contribution is 0.0632. The van der Waals surface area contributed by atoms with E-state index in [-0.39, 0.29) is 5.41 Å². The Hall–Kier alpha value is -1.84. The van der Waals surface area contributed by atoms with E-state index >= 15 is 0 Å². The average molecular weight is 338 g/mol. The Labute approximate surface area is 149 Å². The van der Waals surface area contributed by atoms with Gasteiger partial charge in [0.1, 0.15) is 11.4 Å². The Bertz CT molecular complexity index is 739. The Balaban J connectivity index is 1.69. The molecule has 25 heavy (non-hydrogen) atoms. The zero-order valence-corrected chi connectivity index (χ0v) is 14.9. The number of methoxy groups -OCH3 is 1. The fraction of sp³-hybridized carbons (Fsp3) is 0.619. The molecule has 2 fully saturated rings. The van der Waals surface area contributed by atoms with E-state index in [2.05, 4.69) is 34.5 Å². The lowest BCUT2D eigenvalue weighted by Crippen LogP contribution is -2.58. The maximum atomic E-state index is 11.9. The standard InChI is InChI=1S/C21H26N2O2/c1-25-16-8-7-15-10-19-17-4-2-3-9-21(17,18(15)11-16)20(22-24)13-23(19)12-14-5-6-14/h7-8,11,13-14,17,19H,2-6,9-10,12H2,1H3/t17-,19+,21-/m0/s1. The van der Waals surface area contributed by atoms with Gasteiger partial charge in [-0.05, 0) is 72.4 Å². The van der Waals surface area contributed by atoms with Crippen molar-refractivity contribution in [2.45, 2.75) is 56.4 Å². The molecule has 4 nitrogen and oxygen atoms in total. The SMILES string of the molecule is COc1ccc2c(c1)[C@]13CCCC[C@H]1[C@@H](C2)N(CC1CC1)C=C3N=O. The molecule has 1 heterocycles. The third-order valence-electron chi connectivity index (χ3n) is 7.10. The van der Waals surface area contributed by atoms with Gasteiger partial charge in [-0.1, -0.05) is 18.9 Å². The fourth-order valence-corrected chi connectivity index (χ4v) is 5.76. The third-order valence-corrected chi connectivity index (χ3v) is 7.10. The van der Waals surface area contributed by atoms with Crippen LogP contribution in [0.25, 0.3) is 0 Å². The molecule has 3 aliphatic carbocycles. The predicted octanol–water partition coefficient (Wildman–Crippen LogP) is 4.38. The number of fused-ring (bicyclic) bond motifs is 1. The molecule has 1 aromatic rings. The van der Waals surface area contributed by atoms with Gasteiger partial charge in [-0.25, -0.2) is 0 Å². The molecule has 4 heteroatoms. The van der Waals surface area contributed by atoms with E-state index in [1.54, 1.807) is 7.11 Å². The summed E-state index contributed by atoms with van der Waals surface area (Å²) in [6.45, 7) is 1.10. The molecule has 1 aliphatic heterocycles. The zero-order valence-electron chi connectivity index (χ0n) is 14.9. The lowest BCUT2D eigenvalue weighted by Gasteiger charge is -2.57. The minimum atomic E-state index is -0.188. The molecule has 2 bridgehead atoms. The van der Waals surface area contributed by atoms with Crippen molar-refractivity contribution in [1.29, 1.82) is 0 Å². The Morgan fingerprint density at radius 1 is 1.28 bits per heavy atom. The summed E-state index contributed by atoms with van der Waals surface area (Å²) < 4.78 is 5.51. The zero-order chi connectivity index (χ0) is 17.0. The first-order valence-electron chi connectivity index (χ1n) is 9.75. The van der Waals surface area contributed by atoms with Gasteiger partial charge in [-0.15, -0.1) is 4.91 Å². The van der Waals surface area contributed by atoms with E-state index in [9.17, 15) is 4.91 Å². The normalized spacial score (nSPS) is 33.2. The largest absolute Gasteiger partial charge is 0.497 e. The molecule has 0 saturated heterocycles. The maximum absolute atomic E-state index is 11.9. The van der Waals surface area contributed by atoms with Crippen LogP contribution in [0.2, 0.25) is 0 Å². The van der Waals surface area contributed by atoms with Crippen LogP contribution >= 0.6 is 0 Å². The molecule has 0 aromatic heterocycles. The molecule has 0 unspecified atom stereocenters. The summed E-state index contributed by atoms with van der Waals surface area (Å²) in [6, 6.07) is 6.99. The van der Waals surface area contributed by atoms with Gasteiger partial charge in [0.15, 0.2) is 0 Å². The minimum Gasteiger partial charge on any atom is -0.497 e. The lowest BCUT2D eigenvalue weighted by atomic mass is 9.53. The van der Waals surface area contributed by atoms with E-state index in [1.807, 2.05) is 0 Å². The summed E-state index contributed by atoms with van der Waals surface area (Å²) >= 11 is 0. The topological polar surface area (TPSA) is 41.9 Å². The van der Waals surface area contributed by atoms with Crippen molar-refractivity contribution in [2.75, 3.05) is 13.7 Å². The molecular weight excluding hydrogens is 312 g/mol. The van der Waals surface area contributed by atoms with Crippen LogP contribution in [0.4, 0.5) is 0 Å². The molecule has 5 rings (SSSR count). The van der Waals surface area contributed by atoms with Gasteiger partial charge in [0, 0.05) is 24.2 Å². The van der Waals surface area contributed by atoms with Crippen LogP contribution in [0.1, 0.15) is 49.7 Å². The van der Waals surface area contributed by atoms with Crippen LogP contribution in [0.3, 0.4) is 0 Å². The number of allylic oxidation sites excluding steroid dienone is 1. The molecule has 0 N–H and O–H groups in total. The number of nitroso groups, excluding NO2 is 1. The van der Waals surface area contributed by atoms with Crippen LogP contribution in [-0.2, 0) is 11.8 Å². The van der Waals surface area contributed by atoms with Crippen molar-refractivity contribution >= 4 is 0 Å². The van der Waals surface area contributed by atoms with Crippen LogP contribution in [0.5, 0.6) is 5.75 Å². The first-order valence-corrected chi connectivity index (χ1v) is 9.75. The van der Waals surface area contributed by atoms with Crippen molar-refractivity contribution in [3.63, 3.8) is 0 Å². The molecule has 3 atom stereocenters. The Morgan fingerprint density at radius 3 is 2.92 bits per heavy atom. The van der Waals surface area contributed by atoms with Crippen LogP contribution < -0.4 is 4.74 Å². The van der Waals surface area contributed by atoms with E-state index in [4.69, 9.17) is 4.74 Å². The van der Waals surface area contributed by atoms with E-state index < -0.39 is 0 Å². The number of rotatable bonds is 4. The Kier molecular flexibility index (Phi) is 3.44. The van der Waals surface area contributed by atoms with Crippen molar-refractivity contribution in [2.24, 2.45) is 17.0 Å². The van der Waals surface area contributed by atoms with Crippen molar-refractivity contribution < 1.29 is 4.74 Å². The summed E-state index contributed by atoms with van der Waals surface area (Å²) in [7, 11) is 1.72. The number of ether oxygens (including phenoxy) is 1. The second-order valence-corrected chi connectivity index (χ2v) is 8.36. The maximum Gasteiger partial charge on any atom is 0.119 e. The molecule has 1 aromatic carbocycles. The third kappa shape index (κ3) is 2.19. The monoisotopic (exact) mass is 338 g/mol. The highest BCUT2D eigenvalue weighted by Gasteiger charge is 2.56. The van der Waals surface area contributed by atoms with Gasteiger partial charge < -0.3 is 9.64 Å². The molecule has 0 amide bonds. The summed E-state index contributed by atoms with van der Waals surface area (Å²) in [5.74, 6) is 2.22. The summed E-state index contributed by atoms with van der Waals surface area (Å²) in [5.41, 5.74) is 3.28. The van der Waals surface area contributed by atoms with Crippen molar-refractivity contribution in [3.05, 3.63) is 46.1 Å². The van der Waals surface area contributed by atoms with E-state index in [0.717, 1.165) is 36.8 Å². The van der Waals surface area contributed by atoms with Gasteiger partial charge in [0.25, 0.3) is 0 Å². The first-order chi connectivity index (χ1) is 12.3. The van der Waals surface area contributed by atoms with Gasteiger partial charge in [-0.2, -0.15) is 0 Å². The smallest absolute Gasteiger partial charge is 0.119 e. The quantitative estimate of drug-likeness (QED) is 0.765. The van der Waals surface area contributed by atoms with E-state index in [1.165, 1.54) is 43.2 Å². The highest BCUT2D eigenvalue weighted by Crippen LogP contribution is 2.58. The number of hydrogen-bond donors (Lipinski definition) is 0. The molecule has 0 radical (unpaired) electrons. The Morgan fingerprint density at radius 2 is 2.16 bits per heavy atom. The number of hydrogen-bond acceptors (Lipinski definition) is 4. The fourth-order valence-electron chi connectivity index (χ4n) is 5.76. The van der Waals surface area contributed by atoms with Gasteiger partial charge in [0.05, 0.1) is 7.11 Å². The highest BCUT2D eigenvalue weighted by molar-refractivity contribution is 5.51. The second kappa shape index (κ2) is 5.58. The molecule has 2 saturated carbocycles. The number of benzene rings is 1. The second-order valence-electron chi connectivity index (χ2n) is 8.36. The van der Waals surface area contributed by atoms with Crippen molar-refractivity contribution in [3.8, 4) is 5.75 Å². The number of nitrogens with zero attached hydrogens (tertiary/aromatic N) is 2. The first kappa shape index (κ1) is 15.4. The summed E-state index contributed by atoms with van der Waals surface area (Å²) in [4.78, 5) is 14.4. The average Bonchev–Trinajstić information content (AvgIpc) is 3.47. The minimum absolute atomic E-state index is 0.188. The molecule has 132 valence electrons. The highest BCUT2D eigenvalue weighted by atomic mass is 16.5. The van der Waals surface area contributed by atoms with Crippen LogP contribution in [-0.4, -0.2) is 24.6 Å². The summed E-state index contributed by atoms with van der Waals surface area (Å²) in [5, 5.41) is 3.60. The summed E-state index contributed by atoms with van der Waals surface area (Å²) in [6.07, 6.45) is 10.6. The molecular formula is C21H26N2O2. The van der Waals surface area contributed by atoms with Crippen molar-refractivity contribution in [1.82, 2.24) is 4.90 Å². The van der Waals surface area contributed by atoms with Gasteiger partial charge >= 0.3 is 0 Å². The predicted molar refractivity (Wildman–Crippen MR) is 97.4 cm³/mol. The molecule has 4 aliphatic rings. The van der Waals surface area contributed by atoms with E-state index in [0.29, 0.717) is 12.0 Å².